The maximum Gasteiger partial charge on any atom is 0.223 e. The Morgan fingerprint density at radius 1 is 1.14 bits per heavy atom. The Bertz CT molecular complexity index is 467. The fourth-order valence-corrected chi connectivity index (χ4v) is 3.16. The van der Waals surface area contributed by atoms with E-state index in [1.54, 1.807) is 12.1 Å². The van der Waals surface area contributed by atoms with Crippen LogP contribution in [-0.2, 0) is 11.3 Å². The average molecular weight is 291 g/mol. The van der Waals surface area contributed by atoms with E-state index in [1.807, 2.05) is 0 Å². The topological polar surface area (TPSA) is 29.1 Å². The predicted molar refractivity (Wildman–Crippen MR) is 83.1 cm³/mol. The van der Waals surface area contributed by atoms with Crippen molar-refractivity contribution in [1.82, 2.24) is 5.32 Å². The average Bonchev–Trinajstić information content (AvgIpc) is 2.45. The molecule has 1 aliphatic rings. The summed E-state index contributed by atoms with van der Waals surface area (Å²) in [5, 5.41) is 2.98. The smallest absolute Gasteiger partial charge is 0.223 e. The summed E-state index contributed by atoms with van der Waals surface area (Å²) in [5.41, 5.74) is 1.28. The van der Waals surface area contributed by atoms with Crippen LogP contribution in [0.1, 0.15) is 52.0 Å². The highest BCUT2D eigenvalue weighted by Gasteiger charge is 2.32. The number of hydrogen-bond donors (Lipinski definition) is 1. The van der Waals surface area contributed by atoms with E-state index < -0.39 is 0 Å². The van der Waals surface area contributed by atoms with Gasteiger partial charge in [-0.2, -0.15) is 0 Å². The lowest BCUT2D eigenvalue weighted by atomic mass is 9.69. The Labute approximate surface area is 127 Å². The highest BCUT2D eigenvalue weighted by molar-refractivity contribution is 5.78. The molecule has 0 heterocycles. The molecule has 1 aliphatic carbocycles. The van der Waals surface area contributed by atoms with Gasteiger partial charge in [-0.05, 0) is 54.7 Å². The molecule has 2 nitrogen and oxygen atoms in total. The Kier molecular flexibility index (Phi) is 5.02. The number of benzene rings is 1. The van der Waals surface area contributed by atoms with Crippen LogP contribution in [0.25, 0.3) is 0 Å². The molecule has 1 N–H and O–H groups in total. The van der Waals surface area contributed by atoms with Crippen LogP contribution >= 0.6 is 0 Å². The standard InChI is InChI=1S/C18H26FNO/c1-18(2,3)15-8-6-14(7-9-15)17(21)20-12-13-4-10-16(19)11-5-13/h4-5,10-11,14-15H,6-9,12H2,1-3H3,(H,20,21). The van der Waals surface area contributed by atoms with Gasteiger partial charge in [0.15, 0.2) is 0 Å². The number of carbonyl (C=O) groups excluding carboxylic acids is 1. The zero-order chi connectivity index (χ0) is 15.5. The lowest BCUT2D eigenvalue weighted by Crippen LogP contribution is -2.35. The van der Waals surface area contributed by atoms with Crippen LogP contribution in [0.3, 0.4) is 0 Å². The number of carbonyl (C=O) groups is 1. The molecule has 0 saturated heterocycles. The Morgan fingerprint density at radius 3 is 2.24 bits per heavy atom. The van der Waals surface area contributed by atoms with Gasteiger partial charge in [-0.1, -0.05) is 32.9 Å². The van der Waals surface area contributed by atoms with Crippen LogP contribution < -0.4 is 5.32 Å². The molecular weight excluding hydrogens is 265 g/mol. The van der Waals surface area contributed by atoms with Crippen LogP contribution in [0, 0.1) is 23.1 Å². The van der Waals surface area contributed by atoms with E-state index in [-0.39, 0.29) is 17.6 Å². The van der Waals surface area contributed by atoms with E-state index in [4.69, 9.17) is 0 Å². The summed E-state index contributed by atoms with van der Waals surface area (Å²) in [7, 11) is 0. The van der Waals surface area contributed by atoms with Gasteiger partial charge in [0.1, 0.15) is 5.82 Å². The minimum absolute atomic E-state index is 0.143. The van der Waals surface area contributed by atoms with E-state index >= 15 is 0 Å². The molecule has 3 heteroatoms. The van der Waals surface area contributed by atoms with Crippen LogP contribution in [0.15, 0.2) is 24.3 Å². The van der Waals surface area contributed by atoms with Gasteiger partial charge in [0.2, 0.25) is 5.91 Å². The van der Waals surface area contributed by atoms with Crippen LogP contribution in [0.5, 0.6) is 0 Å². The van der Waals surface area contributed by atoms with Crippen LogP contribution in [-0.4, -0.2) is 5.91 Å². The third-order valence-electron chi connectivity index (χ3n) is 4.70. The van der Waals surface area contributed by atoms with E-state index in [2.05, 4.69) is 26.1 Å². The lowest BCUT2D eigenvalue weighted by molar-refractivity contribution is -0.126. The molecule has 0 aliphatic heterocycles. The van der Waals surface area contributed by atoms with Crippen molar-refractivity contribution in [3.05, 3.63) is 35.6 Å². The van der Waals surface area contributed by atoms with Crippen LogP contribution in [0.4, 0.5) is 4.39 Å². The maximum absolute atomic E-state index is 12.8. The van der Waals surface area contributed by atoms with Gasteiger partial charge in [0.25, 0.3) is 0 Å². The van der Waals surface area contributed by atoms with Crippen molar-refractivity contribution in [3.8, 4) is 0 Å². The second-order valence-corrected chi connectivity index (χ2v) is 7.26. The molecule has 2 rings (SSSR count). The van der Waals surface area contributed by atoms with E-state index in [1.165, 1.54) is 12.1 Å². The van der Waals surface area contributed by atoms with Crippen molar-refractivity contribution in [2.45, 2.75) is 53.0 Å². The molecule has 0 radical (unpaired) electrons. The quantitative estimate of drug-likeness (QED) is 0.884. The van der Waals surface area contributed by atoms with Crippen molar-refractivity contribution < 1.29 is 9.18 Å². The third kappa shape index (κ3) is 4.55. The molecule has 21 heavy (non-hydrogen) atoms. The van der Waals surface area contributed by atoms with Gasteiger partial charge >= 0.3 is 0 Å². The van der Waals surface area contributed by atoms with Gasteiger partial charge in [0.05, 0.1) is 0 Å². The summed E-state index contributed by atoms with van der Waals surface area (Å²) in [5.74, 6) is 0.764. The van der Waals surface area contributed by atoms with E-state index in [0.29, 0.717) is 12.0 Å². The zero-order valence-electron chi connectivity index (χ0n) is 13.3. The third-order valence-corrected chi connectivity index (χ3v) is 4.70. The molecule has 0 spiro atoms. The first-order chi connectivity index (χ1) is 9.86. The second kappa shape index (κ2) is 6.59. The summed E-state index contributed by atoms with van der Waals surface area (Å²) >= 11 is 0. The fourth-order valence-electron chi connectivity index (χ4n) is 3.16. The molecular formula is C18H26FNO. The van der Waals surface area contributed by atoms with Crippen molar-refractivity contribution in [3.63, 3.8) is 0 Å². The van der Waals surface area contributed by atoms with Crippen molar-refractivity contribution >= 4 is 5.91 Å². The number of nitrogens with one attached hydrogen (secondary N) is 1. The largest absolute Gasteiger partial charge is 0.352 e. The van der Waals surface area contributed by atoms with E-state index in [0.717, 1.165) is 37.2 Å². The molecule has 1 amide bonds. The van der Waals surface area contributed by atoms with Gasteiger partial charge in [0, 0.05) is 12.5 Å². The number of rotatable bonds is 3. The molecule has 1 aromatic rings. The first-order valence-electron chi connectivity index (χ1n) is 7.88. The molecule has 1 saturated carbocycles. The van der Waals surface area contributed by atoms with Gasteiger partial charge in [-0.3, -0.25) is 4.79 Å². The molecule has 1 fully saturated rings. The molecule has 0 unspecified atom stereocenters. The van der Waals surface area contributed by atoms with E-state index in [9.17, 15) is 9.18 Å². The minimum atomic E-state index is -0.245. The first kappa shape index (κ1) is 16.0. The Morgan fingerprint density at radius 2 is 1.71 bits per heavy atom. The molecule has 0 bridgehead atoms. The number of halogens is 1. The molecule has 116 valence electrons. The first-order valence-corrected chi connectivity index (χ1v) is 7.88. The zero-order valence-corrected chi connectivity index (χ0v) is 13.3. The second-order valence-electron chi connectivity index (χ2n) is 7.26. The summed E-state index contributed by atoms with van der Waals surface area (Å²) in [6.45, 7) is 7.34. The fraction of sp³-hybridized carbons (Fsp3) is 0.611. The Hall–Kier alpha value is -1.38. The SMILES string of the molecule is CC(C)(C)C1CCC(C(=O)NCc2ccc(F)cc2)CC1. The van der Waals surface area contributed by atoms with Gasteiger partial charge < -0.3 is 5.32 Å². The molecule has 0 aromatic heterocycles. The number of amides is 1. The van der Waals surface area contributed by atoms with Gasteiger partial charge in [-0.25, -0.2) is 4.39 Å². The lowest BCUT2D eigenvalue weighted by Gasteiger charge is -2.36. The normalized spacial score (nSPS) is 22.9. The van der Waals surface area contributed by atoms with Crippen molar-refractivity contribution in [1.29, 1.82) is 0 Å². The highest BCUT2D eigenvalue weighted by Crippen LogP contribution is 2.39. The van der Waals surface area contributed by atoms with Crippen LogP contribution in [0.2, 0.25) is 0 Å². The highest BCUT2D eigenvalue weighted by atomic mass is 19.1. The summed E-state index contributed by atoms with van der Waals surface area (Å²) in [4.78, 5) is 12.2. The maximum atomic E-state index is 12.8. The van der Waals surface area contributed by atoms with Crippen molar-refractivity contribution in [2.75, 3.05) is 0 Å². The molecule has 0 atom stereocenters. The monoisotopic (exact) mass is 291 g/mol. The Balaban J connectivity index is 1.78. The molecule has 1 aromatic carbocycles. The summed E-state index contributed by atoms with van der Waals surface area (Å²) in [6, 6.07) is 6.28. The number of hydrogen-bond acceptors (Lipinski definition) is 1. The minimum Gasteiger partial charge on any atom is -0.352 e. The summed E-state index contributed by atoms with van der Waals surface area (Å²) in [6.07, 6.45) is 4.24. The van der Waals surface area contributed by atoms with Crippen molar-refractivity contribution in [2.24, 2.45) is 17.3 Å². The predicted octanol–water partition coefficient (Wildman–Crippen LogP) is 4.29. The summed E-state index contributed by atoms with van der Waals surface area (Å²) < 4.78 is 12.8. The van der Waals surface area contributed by atoms with Gasteiger partial charge in [-0.15, -0.1) is 0 Å².